The van der Waals surface area contributed by atoms with Gasteiger partial charge in [-0.3, -0.25) is 38.7 Å². The zero-order valence-corrected chi connectivity index (χ0v) is 42.2. The number of carboxylic acid groups (broad SMARTS) is 2. The molecule has 0 spiro atoms. The normalized spacial score (nSPS) is 17.2. The zero-order chi connectivity index (χ0) is 50.8. The summed E-state index contributed by atoms with van der Waals surface area (Å²) in [6, 6.07) is 16.2. The minimum Gasteiger partial charge on any atom is -0.496 e. The van der Waals surface area contributed by atoms with E-state index in [0.717, 1.165) is 12.1 Å². The number of hydrogen-bond acceptors (Lipinski definition) is 13. The number of anilines is 1. The van der Waals surface area contributed by atoms with Crippen molar-refractivity contribution in [2.75, 3.05) is 117 Å². The Balaban J connectivity index is 1.02. The third-order valence-corrected chi connectivity index (χ3v) is 13.4. The molecule has 4 aromatic rings. The van der Waals surface area contributed by atoms with Gasteiger partial charge in [0.25, 0.3) is 5.91 Å². The lowest BCUT2D eigenvalue weighted by atomic mass is 9.95. The van der Waals surface area contributed by atoms with Crippen molar-refractivity contribution in [1.29, 1.82) is 0 Å². The molecule has 4 N–H and O–H groups in total. The average molecular weight is 1020 g/mol. The zero-order valence-electron chi connectivity index (χ0n) is 40.7. The Bertz CT molecular complexity index is 2570. The van der Waals surface area contributed by atoms with Crippen LogP contribution in [0.1, 0.15) is 49.7 Å². The van der Waals surface area contributed by atoms with Gasteiger partial charge in [-0.2, -0.15) is 5.10 Å². The van der Waals surface area contributed by atoms with E-state index < -0.39 is 17.5 Å². The highest BCUT2D eigenvalue weighted by molar-refractivity contribution is 6.34. The molecule has 2 fully saturated rings. The Morgan fingerprint density at radius 1 is 0.789 bits per heavy atom. The second-order valence-electron chi connectivity index (χ2n) is 18.5. The molecule has 382 valence electrons. The summed E-state index contributed by atoms with van der Waals surface area (Å²) in [4.78, 5) is 73.6. The summed E-state index contributed by atoms with van der Waals surface area (Å²) in [5, 5.41) is 30.6. The number of methoxy groups -OCH3 is 1. The number of halogens is 2. The van der Waals surface area contributed by atoms with Crippen LogP contribution in [0.3, 0.4) is 0 Å². The van der Waals surface area contributed by atoms with Crippen molar-refractivity contribution in [3.05, 3.63) is 75.9 Å². The van der Waals surface area contributed by atoms with Gasteiger partial charge < -0.3 is 44.9 Å². The maximum absolute atomic E-state index is 14.4. The highest BCUT2D eigenvalue weighted by Gasteiger charge is 2.39. The van der Waals surface area contributed by atoms with Crippen molar-refractivity contribution in [2.45, 2.75) is 45.8 Å². The number of carbonyl (C=O) groups is 5. The van der Waals surface area contributed by atoms with Gasteiger partial charge in [0.15, 0.2) is 5.69 Å². The first-order chi connectivity index (χ1) is 34.0. The summed E-state index contributed by atoms with van der Waals surface area (Å²) < 4.78 is 19.6. The number of aliphatic carboxylic acids is 2. The van der Waals surface area contributed by atoms with Crippen LogP contribution in [0.5, 0.6) is 11.5 Å². The van der Waals surface area contributed by atoms with Crippen LogP contribution < -0.4 is 20.1 Å². The number of nitrogens with one attached hydrogen (secondary N) is 2. The highest BCUT2D eigenvalue weighted by Crippen LogP contribution is 2.47. The molecule has 0 unspecified atom stereocenters. The lowest BCUT2D eigenvalue weighted by Gasteiger charge is -2.41. The molecule has 0 saturated carbocycles. The van der Waals surface area contributed by atoms with E-state index in [4.69, 9.17) is 42.5 Å². The molecule has 4 heterocycles. The van der Waals surface area contributed by atoms with Gasteiger partial charge in [-0.05, 0) is 68.8 Å². The van der Waals surface area contributed by atoms with Gasteiger partial charge in [-0.15, -0.1) is 0 Å². The van der Waals surface area contributed by atoms with E-state index >= 15 is 0 Å². The molecule has 1 aromatic heterocycles. The number of amides is 3. The molecule has 3 aliphatic rings. The van der Waals surface area contributed by atoms with Crippen LogP contribution in [0.15, 0.2) is 54.6 Å². The van der Waals surface area contributed by atoms with Gasteiger partial charge in [0.2, 0.25) is 11.8 Å². The lowest BCUT2D eigenvalue weighted by Crippen LogP contribution is -2.55. The summed E-state index contributed by atoms with van der Waals surface area (Å²) in [6.07, 6.45) is 0.533. The molecule has 3 aromatic carbocycles. The molecule has 7 rings (SSSR count). The molecule has 2 saturated heterocycles. The third-order valence-electron chi connectivity index (χ3n) is 12.9. The molecule has 0 aliphatic carbocycles. The second kappa shape index (κ2) is 24.1. The number of carbonyl (C=O) groups excluding carboxylic acids is 3. The fourth-order valence-electron chi connectivity index (χ4n) is 9.13. The van der Waals surface area contributed by atoms with Crippen molar-refractivity contribution in [2.24, 2.45) is 0 Å². The minimum atomic E-state index is -0.977. The second-order valence-corrected chi connectivity index (χ2v) is 19.4. The molecule has 0 radical (unpaired) electrons. The summed E-state index contributed by atoms with van der Waals surface area (Å²) >= 11 is 13.0. The van der Waals surface area contributed by atoms with Gasteiger partial charge in [0, 0.05) is 110 Å². The number of hydrogen-bond donors (Lipinski definition) is 4. The first-order valence-corrected chi connectivity index (χ1v) is 24.6. The first kappa shape index (κ1) is 53.0. The standard InChI is InChI=1S/C50H63Cl2N9O10/c1-5-56-12-14-57(16-17-59(30-46(66)67)19-18-58(15-13-56)29-45(64)65)28-44(63)53-11-7-10-43(62)54-36-9-6-8-33(22-36)38-26-39-42(27-41(38)69-4)71-31-40-47(49(68)60-20-21-70-32-50(60,2)3)55-61(48(39)40)37-24-34(51)23-35(52)25-37/h6,8-9,22-27H,5,7,10-21,28-32H2,1-4H3,(H,53,63)(H,54,62)(H,64,65)(H,66,67). The maximum atomic E-state index is 14.4. The Morgan fingerprint density at radius 2 is 1.42 bits per heavy atom. The fraction of sp³-hybridized carbons (Fsp3) is 0.480. The summed E-state index contributed by atoms with van der Waals surface area (Å²) in [7, 11) is 1.57. The van der Waals surface area contributed by atoms with Gasteiger partial charge in [0.1, 0.15) is 18.1 Å². The van der Waals surface area contributed by atoms with E-state index in [2.05, 4.69) is 15.5 Å². The van der Waals surface area contributed by atoms with Crippen molar-refractivity contribution >= 4 is 58.5 Å². The summed E-state index contributed by atoms with van der Waals surface area (Å²) in [5.41, 5.74) is 4.10. The van der Waals surface area contributed by atoms with E-state index in [1.807, 2.05) is 54.8 Å². The van der Waals surface area contributed by atoms with Crippen LogP contribution >= 0.6 is 23.2 Å². The van der Waals surface area contributed by atoms with E-state index in [9.17, 15) is 34.2 Å². The predicted molar refractivity (Wildman–Crippen MR) is 269 cm³/mol. The number of morpholine rings is 1. The molecule has 21 heteroatoms. The van der Waals surface area contributed by atoms with Crippen molar-refractivity contribution in [1.82, 2.24) is 39.6 Å². The van der Waals surface area contributed by atoms with E-state index in [1.165, 1.54) is 0 Å². The quantitative estimate of drug-likeness (QED) is 0.110. The number of benzene rings is 3. The number of rotatable bonds is 16. The van der Waals surface area contributed by atoms with Gasteiger partial charge in [-0.1, -0.05) is 42.3 Å². The van der Waals surface area contributed by atoms with Crippen LogP contribution in [0.25, 0.3) is 28.1 Å². The van der Waals surface area contributed by atoms with Crippen LogP contribution in [0.2, 0.25) is 10.0 Å². The highest BCUT2D eigenvalue weighted by atomic mass is 35.5. The third kappa shape index (κ3) is 13.8. The number of aromatic nitrogens is 2. The van der Waals surface area contributed by atoms with E-state index in [1.54, 1.807) is 51.9 Å². The first-order valence-electron chi connectivity index (χ1n) is 23.8. The molecule has 19 nitrogen and oxygen atoms in total. The number of nitrogens with zero attached hydrogens (tertiary/aromatic N) is 7. The van der Waals surface area contributed by atoms with Crippen molar-refractivity contribution < 1.29 is 48.4 Å². The van der Waals surface area contributed by atoms with Crippen LogP contribution in [0.4, 0.5) is 5.69 Å². The fourth-order valence-corrected chi connectivity index (χ4v) is 9.65. The van der Waals surface area contributed by atoms with Gasteiger partial charge in [-0.25, -0.2) is 4.68 Å². The van der Waals surface area contributed by atoms with Crippen molar-refractivity contribution in [3.8, 4) is 39.6 Å². The summed E-state index contributed by atoms with van der Waals surface area (Å²) in [5.74, 6) is -1.56. The molecule has 0 atom stereocenters. The molecule has 0 bridgehead atoms. The van der Waals surface area contributed by atoms with Crippen LogP contribution in [-0.4, -0.2) is 192 Å². The largest absolute Gasteiger partial charge is 0.496 e. The van der Waals surface area contributed by atoms with Gasteiger partial charge >= 0.3 is 11.9 Å². The van der Waals surface area contributed by atoms with Crippen LogP contribution in [0, 0.1) is 0 Å². The van der Waals surface area contributed by atoms with Crippen LogP contribution in [-0.2, 0) is 30.5 Å². The molecular formula is C50H63Cl2N9O10. The molecular weight excluding hydrogens is 958 g/mol. The van der Waals surface area contributed by atoms with Gasteiger partial charge in [0.05, 0.1) is 56.9 Å². The van der Waals surface area contributed by atoms with E-state index in [0.29, 0.717) is 134 Å². The topological polar surface area (TPSA) is 212 Å². The lowest BCUT2D eigenvalue weighted by molar-refractivity contribution is -0.140. The summed E-state index contributed by atoms with van der Waals surface area (Å²) in [6.45, 7) is 12.1. The monoisotopic (exact) mass is 1020 g/mol. The SMILES string of the molecule is CCN1CCN(CC(=O)O)CCN(CC(=O)O)CCN(CC(=O)NCCCC(=O)Nc2cccc(-c3cc4c(cc3OC)OCc3c(C(=O)N5CCOCC5(C)C)nn(-c5cc(Cl)cc(Cl)c5)c3-4)c2)CC1. The smallest absolute Gasteiger partial charge is 0.317 e. The minimum absolute atomic E-state index is 0.0700. The Morgan fingerprint density at radius 3 is 2.03 bits per heavy atom. The molecule has 3 aliphatic heterocycles. The molecule has 3 amide bonds. The van der Waals surface area contributed by atoms with E-state index in [-0.39, 0.29) is 62.6 Å². The predicted octanol–water partition coefficient (Wildman–Crippen LogP) is 4.91. The average Bonchev–Trinajstić information content (AvgIpc) is 3.72. The number of carboxylic acids is 2. The number of ether oxygens (including phenoxy) is 3. The Labute approximate surface area is 423 Å². The Hall–Kier alpha value is -5.80. The Kier molecular flexibility index (Phi) is 18.0. The molecule has 71 heavy (non-hydrogen) atoms. The number of likely N-dealkylation sites (N-methyl/N-ethyl adjacent to an activating group) is 1. The maximum Gasteiger partial charge on any atom is 0.317 e. The van der Waals surface area contributed by atoms with Crippen molar-refractivity contribution in [3.63, 3.8) is 0 Å². The number of fused-ring (bicyclic) bond motifs is 3.